The van der Waals surface area contributed by atoms with Crippen LogP contribution in [-0.4, -0.2) is 46.9 Å². The van der Waals surface area contributed by atoms with Gasteiger partial charge in [0.2, 0.25) is 15.9 Å². The minimum absolute atomic E-state index is 0.0608. The molecule has 156 valence electrons. The van der Waals surface area contributed by atoms with Crippen LogP contribution in [-0.2, 0) is 14.8 Å². The molecule has 1 aromatic carbocycles. The van der Waals surface area contributed by atoms with Crippen molar-refractivity contribution in [3.05, 3.63) is 52.7 Å². The average Bonchev–Trinajstić information content (AvgIpc) is 2.69. The highest BCUT2D eigenvalue weighted by atomic mass is 32.2. The van der Waals surface area contributed by atoms with Gasteiger partial charge in [0.25, 0.3) is 5.69 Å². The van der Waals surface area contributed by atoms with E-state index in [-0.39, 0.29) is 16.5 Å². The Hall–Kier alpha value is -2.50. The second-order valence-corrected chi connectivity index (χ2v) is 9.27. The van der Waals surface area contributed by atoms with E-state index < -0.39 is 20.2 Å². The van der Waals surface area contributed by atoms with Crippen molar-refractivity contribution in [3.63, 3.8) is 0 Å². The van der Waals surface area contributed by atoms with Gasteiger partial charge < -0.3 is 5.32 Å². The molecule has 0 saturated heterocycles. The fourth-order valence-electron chi connectivity index (χ4n) is 2.45. The van der Waals surface area contributed by atoms with Crippen molar-refractivity contribution in [2.75, 3.05) is 18.4 Å². The maximum absolute atomic E-state index is 12.5. The van der Waals surface area contributed by atoms with E-state index in [1.807, 2.05) is 0 Å². The number of non-ortho nitro benzene ring substituents is 1. The number of amides is 1. The number of anilines is 1. The third kappa shape index (κ3) is 5.75. The van der Waals surface area contributed by atoms with Crippen molar-refractivity contribution in [1.82, 2.24) is 9.29 Å². The summed E-state index contributed by atoms with van der Waals surface area (Å²) in [5.74, 6) is -0.300. The first-order valence-corrected chi connectivity index (χ1v) is 11.2. The van der Waals surface area contributed by atoms with Crippen molar-refractivity contribution in [2.45, 2.75) is 35.9 Å². The summed E-state index contributed by atoms with van der Waals surface area (Å²) in [6, 6.07) is 8.58. The molecule has 1 atom stereocenters. The van der Waals surface area contributed by atoms with Crippen LogP contribution >= 0.6 is 11.8 Å². The van der Waals surface area contributed by atoms with Crippen LogP contribution in [0, 0.1) is 10.1 Å². The summed E-state index contributed by atoms with van der Waals surface area (Å²) < 4.78 is 26.3. The zero-order chi connectivity index (χ0) is 21.6. The molecule has 1 amide bonds. The lowest BCUT2D eigenvalue weighted by molar-refractivity contribution is -0.384. The summed E-state index contributed by atoms with van der Waals surface area (Å²) in [7, 11) is -3.58. The molecular weight excluding hydrogens is 416 g/mol. The third-order valence-electron chi connectivity index (χ3n) is 4.06. The number of hydrogen-bond acceptors (Lipinski definition) is 7. The molecule has 2 rings (SSSR count). The van der Waals surface area contributed by atoms with Crippen molar-refractivity contribution < 1.29 is 18.1 Å². The Morgan fingerprint density at radius 2 is 1.83 bits per heavy atom. The summed E-state index contributed by atoms with van der Waals surface area (Å²) in [4.78, 5) is 26.8. The number of pyridine rings is 1. The summed E-state index contributed by atoms with van der Waals surface area (Å²) in [5.41, 5.74) is 0.385. The van der Waals surface area contributed by atoms with Gasteiger partial charge in [0.05, 0.1) is 15.2 Å². The molecule has 2 aromatic rings. The monoisotopic (exact) mass is 438 g/mol. The smallest absolute Gasteiger partial charge is 0.269 e. The Balaban J connectivity index is 2.02. The highest BCUT2D eigenvalue weighted by Gasteiger charge is 2.22. The molecule has 29 heavy (non-hydrogen) atoms. The first kappa shape index (κ1) is 22.8. The number of hydrogen-bond donors (Lipinski definition) is 1. The molecule has 1 N–H and O–H groups in total. The molecule has 0 aliphatic heterocycles. The highest BCUT2D eigenvalue weighted by Crippen LogP contribution is 2.24. The van der Waals surface area contributed by atoms with Gasteiger partial charge in [0.1, 0.15) is 4.90 Å². The molecule has 1 aromatic heterocycles. The van der Waals surface area contributed by atoms with Gasteiger partial charge in [-0.05, 0) is 31.2 Å². The quantitative estimate of drug-likeness (QED) is 0.362. The van der Waals surface area contributed by atoms with Crippen LogP contribution in [0.4, 0.5) is 11.4 Å². The molecular formula is C18H22N4O5S2. The zero-order valence-electron chi connectivity index (χ0n) is 16.2. The van der Waals surface area contributed by atoms with E-state index in [4.69, 9.17) is 0 Å². The van der Waals surface area contributed by atoms with Gasteiger partial charge >= 0.3 is 0 Å². The molecule has 0 radical (unpaired) electrons. The molecule has 0 aliphatic carbocycles. The Morgan fingerprint density at radius 1 is 1.21 bits per heavy atom. The number of sulfonamides is 1. The average molecular weight is 439 g/mol. The summed E-state index contributed by atoms with van der Waals surface area (Å²) in [6.45, 7) is 5.96. The number of nitro benzene ring substituents is 1. The Morgan fingerprint density at radius 3 is 2.31 bits per heavy atom. The topological polar surface area (TPSA) is 123 Å². The van der Waals surface area contributed by atoms with Crippen molar-refractivity contribution in [1.29, 1.82) is 0 Å². The largest absolute Gasteiger partial charge is 0.325 e. The summed E-state index contributed by atoms with van der Waals surface area (Å²) in [5, 5.41) is 13.4. The standard InChI is InChI=1S/C18H22N4O5S2/c1-4-21(5-2)29(26,27)16-10-11-17(19-12-16)28-13(3)18(23)20-14-6-8-15(9-7-14)22(24)25/h6-13H,4-5H2,1-3H3,(H,20,23). The second kappa shape index (κ2) is 9.81. The molecule has 1 unspecified atom stereocenters. The van der Waals surface area contributed by atoms with Gasteiger partial charge in [0.15, 0.2) is 0 Å². The van der Waals surface area contributed by atoms with Gasteiger partial charge in [-0.15, -0.1) is 0 Å². The van der Waals surface area contributed by atoms with E-state index in [0.717, 1.165) is 0 Å². The number of aromatic nitrogens is 1. The molecule has 1 heterocycles. The van der Waals surface area contributed by atoms with Crippen molar-refractivity contribution >= 4 is 39.1 Å². The van der Waals surface area contributed by atoms with Crippen LogP contribution in [0.25, 0.3) is 0 Å². The fraction of sp³-hybridized carbons (Fsp3) is 0.333. The molecule has 0 fully saturated rings. The predicted octanol–water partition coefficient (Wildman–Crippen LogP) is 3.14. The maximum atomic E-state index is 12.5. The number of nitrogens with one attached hydrogen (secondary N) is 1. The summed E-state index contributed by atoms with van der Waals surface area (Å²) in [6.07, 6.45) is 1.29. The normalized spacial score (nSPS) is 12.6. The van der Waals surface area contributed by atoms with E-state index in [1.54, 1.807) is 26.8 Å². The van der Waals surface area contributed by atoms with Crippen LogP contribution in [0.1, 0.15) is 20.8 Å². The molecule has 11 heteroatoms. The number of rotatable bonds is 9. The van der Waals surface area contributed by atoms with E-state index in [1.165, 1.54) is 52.6 Å². The maximum Gasteiger partial charge on any atom is 0.269 e. The first-order chi connectivity index (χ1) is 13.7. The van der Waals surface area contributed by atoms with Crippen LogP contribution in [0.15, 0.2) is 52.5 Å². The Kier molecular flexibility index (Phi) is 7.71. The van der Waals surface area contributed by atoms with E-state index in [0.29, 0.717) is 23.8 Å². The number of nitrogens with zero attached hydrogens (tertiary/aromatic N) is 3. The molecule has 9 nitrogen and oxygen atoms in total. The number of thioether (sulfide) groups is 1. The van der Waals surface area contributed by atoms with Gasteiger partial charge in [0, 0.05) is 37.1 Å². The van der Waals surface area contributed by atoms with Crippen LogP contribution in [0.2, 0.25) is 0 Å². The fourth-order valence-corrected chi connectivity index (χ4v) is 4.64. The minimum atomic E-state index is -3.58. The van der Waals surface area contributed by atoms with Gasteiger partial charge in [-0.1, -0.05) is 25.6 Å². The molecule has 0 aliphatic rings. The lowest BCUT2D eigenvalue weighted by Gasteiger charge is -2.18. The van der Waals surface area contributed by atoms with Crippen LogP contribution in [0.5, 0.6) is 0 Å². The van der Waals surface area contributed by atoms with Gasteiger partial charge in [-0.25, -0.2) is 13.4 Å². The van der Waals surface area contributed by atoms with Crippen molar-refractivity contribution in [2.24, 2.45) is 0 Å². The minimum Gasteiger partial charge on any atom is -0.325 e. The zero-order valence-corrected chi connectivity index (χ0v) is 17.9. The molecule has 0 spiro atoms. The number of nitro groups is 1. The van der Waals surface area contributed by atoms with Crippen LogP contribution < -0.4 is 5.32 Å². The second-order valence-electron chi connectivity index (χ2n) is 5.97. The summed E-state index contributed by atoms with van der Waals surface area (Å²) >= 11 is 1.18. The highest BCUT2D eigenvalue weighted by molar-refractivity contribution is 8.00. The van der Waals surface area contributed by atoms with E-state index in [9.17, 15) is 23.3 Å². The Bertz CT molecular complexity index is 959. The van der Waals surface area contributed by atoms with Crippen molar-refractivity contribution in [3.8, 4) is 0 Å². The third-order valence-corrected chi connectivity index (χ3v) is 7.15. The van der Waals surface area contributed by atoms with Gasteiger partial charge in [-0.2, -0.15) is 4.31 Å². The van der Waals surface area contributed by atoms with E-state index in [2.05, 4.69) is 10.3 Å². The number of carbonyl (C=O) groups excluding carboxylic acids is 1. The van der Waals surface area contributed by atoms with Gasteiger partial charge in [-0.3, -0.25) is 14.9 Å². The number of benzene rings is 1. The molecule has 0 bridgehead atoms. The number of carbonyl (C=O) groups is 1. The SMILES string of the molecule is CCN(CC)S(=O)(=O)c1ccc(SC(C)C(=O)Nc2ccc([N+](=O)[O-])cc2)nc1. The lowest BCUT2D eigenvalue weighted by atomic mass is 10.3. The first-order valence-electron chi connectivity index (χ1n) is 8.87. The van der Waals surface area contributed by atoms with E-state index >= 15 is 0 Å². The molecule has 0 saturated carbocycles. The Labute approximate surface area is 173 Å². The van der Waals surface area contributed by atoms with Crippen LogP contribution in [0.3, 0.4) is 0 Å². The predicted molar refractivity (Wildman–Crippen MR) is 111 cm³/mol. The lowest BCUT2D eigenvalue weighted by Crippen LogP contribution is -2.30.